The third-order valence-corrected chi connectivity index (χ3v) is 5.05. The molecule has 0 bridgehead atoms. The molecule has 0 spiro atoms. The summed E-state index contributed by atoms with van der Waals surface area (Å²) in [6, 6.07) is 10.3. The van der Waals surface area contributed by atoms with E-state index in [1.807, 2.05) is 19.1 Å². The number of hydrogen-bond acceptors (Lipinski definition) is 2. The Morgan fingerprint density at radius 1 is 1.23 bits per heavy atom. The zero-order chi connectivity index (χ0) is 15.9. The highest BCUT2D eigenvalue weighted by Crippen LogP contribution is 2.33. The lowest BCUT2D eigenvalue weighted by molar-refractivity contribution is 0.103. The Morgan fingerprint density at radius 2 is 2.00 bits per heavy atom. The fourth-order valence-electron chi connectivity index (χ4n) is 2.37. The van der Waals surface area contributed by atoms with Crippen molar-refractivity contribution < 1.29 is 9.18 Å². The number of anilines is 1. The predicted molar refractivity (Wildman–Crippen MR) is 90.7 cm³/mol. The molecule has 1 amide bonds. The average molecular weight is 334 g/mol. The van der Waals surface area contributed by atoms with E-state index >= 15 is 0 Å². The van der Waals surface area contributed by atoms with Crippen molar-refractivity contribution in [2.24, 2.45) is 0 Å². The molecule has 0 aliphatic heterocycles. The van der Waals surface area contributed by atoms with E-state index in [1.54, 1.807) is 25.1 Å². The van der Waals surface area contributed by atoms with Gasteiger partial charge in [0, 0.05) is 10.1 Å². The number of thiophene rings is 1. The summed E-state index contributed by atoms with van der Waals surface area (Å²) in [6.45, 7) is 3.68. The van der Waals surface area contributed by atoms with E-state index in [1.165, 1.54) is 17.4 Å². The van der Waals surface area contributed by atoms with Crippen LogP contribution >= 0.6 is 22.9 Å². The molecule has 3 aromatic rings. The second-order valence-corrected chi connectivity index (χ2v) is 6.57. The molecule has 22 heavy (non-hydrogen) atoms. The van der Waals surface area contributed by atoms with Gasteiger partial charge in [-0.05, 0) is 49.2 Å². The quantitative estimate of drug-likeness (QED) is 0.653. The van der Waals surface area contributed by atoms with Gasteiger partial charge in [0.05, 0.1) is 15.6 Å². The number of benzene rings is 2. The Morgan fingerprint density at radius 3 is 2.68 bits per heavy atom. The number of carbonyl (C=O) groups is 1. The van der Waals surface area contributed by atoms with Crippen LogP contribution in [0.25, 0.3) is 10.1 Å². The van der Waals surface area contributed by atoms with Gasteiger partial charge in [0.25, 0.3) is 5.91 Å². The van der Waals surface area contributed by atoms with E-state index in [-0.39, 0.29) is 11.7 Å². The lowest BCUT2D eigenvalue weighted by atomic mass is 10.1. The van der Waals surface area contributed by atoms with E-state index < -0.39 is 0 Å². The summed E-state index contributed by atoms with van der Waals surface area (Å²) in [7, 11) is 0. The average Bonchev–Trinajstić information content (AvgIpc) is 2.80. The molecule has 0 radical (unpaired) electrons. The van der Waals surface area contributed by atoms with Gasteiger partial charge < -0.3 is 5.32 Å². The van der Waals surface area contributed by atoms with Crippen LogP contribution in [0.5, 0.6) is 0 Å². The van der Waals surface area contributed by atoms with Gasteiger partial charge in [-0.3, -0.25) is 4.79 Å². The maximum Gasteiger partial charge on any atom is 0.266 e. The van der Waals surface area contributed by atoms with Gasteiger partial charge in [-0.1, -0.05) is 23.7 Å². The second kappa shape index (κ2) is 5.71. The van der Waals surface area contributed by atoms with E-state index in [0.717, 1.165) is 10.3 Å². The zero-order valence-electron chi connectivity index (χ0n) is 12.0. The Bertz CT molecular complexity index is 888. The molecule has 1 aromatic heterocycles. The largest absolute Gasteiger partial charge is 0.320 e. The lowest BCUT2D eigenvalue weighted by Gasteiger charge is -2.07. The third kappa shape index (κ3) is 2.60. The highest BCUT2D eigenvalue weighted by Gasteiger charge is 2.18. The maximum atomic E-state index is 13.9. The van der Waals surface area contributed by atoms with Crippen LogP contribution in [0.2, 0.25) is 5.02 Å². The van der Waals surface area contributed by atoms with Crippen LogP contribution in [-0.4, -0.2) is 5.91 Å². The van der Waals surface area contributed by atoms with Gasteiger partial charge in [-0.2, -0.15) is 0 Å². The minimum Gasteiger partial charge on any atom is -0.320 e. The molecule has 0 aliphatic carbocycles. The van der Waals surface area contributed by atoms with Crippen molar-refractivity contribution in [2.45, 2.75) is 13.8 Å². The number of hydrogen-bond donors (Lipinski definition) is 1. The van der Waals surface area contributed by atoms with Crippen molar-refractivity contribution in [2.75, 3.05) is 5.32 Å². The van der Waals surface area contributed by atoms with E-state index in [9.17, 15) is 9.18 Å². The SMILES string of the molecule is Cc1ccc(NC(=O)c2sc3cccc(F)c3c2C)c(Cl)c1. The van der Waals surface area contributed by atoms with Gasteiger partial charge in [0.15, 0.2) is 0 Å². The summed E-state index contributed by atoms with van der Waals surface area (Å²) < 4.78 is 14.7. The van der Waals surface area contributed by atoms with Gasteiger partial charge in [0.1, 0.15) is 5.82 Å². The van der Waals surface area contributed by atoms with E-state index in [4.69, 9.17) is 11.6 Å². The van der Waals surface area contributed by atoms with Crippen LogP contribution < -0.4 is 5.32 Å². The van der Waals surface area contributed by atoms with Crippen molar-refractivity contribution in [1.82, 2.24) is 0 Å². The highest BCUT2D eigenvalue weighted by molar-refractivity contribution is 7.21. The van der Waals surface area contributed by atoms with Crippen molar-refractivity contribution in [3.8, 4) is 0 Å². The monoisotopic (exact) mass is 333 g/mol. The molecule has 0 saturated carbocycles. The number of carbonyl (C=O) groups excluding carboxylic acids is 1. The first-order valence-electron chi connectivity index (χ1n) is 6.72. The van der Waals surface area contributed by atoms with Crippen LogP contribution in [0.3, 0.4) is 0 Å². The third-order valence-electron chi connectivity index (χ3n) is 3.48. The van der Waals surface area contributed by atoms with Crippen molar-refractivity contribution in [3.05, 3.63) is 63.2 Å². The summed E-state index contributed by atoms with van der Waals surface area (Å²) in [4.78, 5) is 13.0. The molecule has 112 valence electrons. The normalized spacial score (nSPS) is 10.9. The molecule has 0 aliphatic rings. The smallest absolute Gasteiger partial charge is 0.266 e. The lowest BCUT2D eigenvalue weighted by Crippen LogP contribution is -2.11. The van der Waals surface area contributed by atoms with E-state index in [2.05, 4.69) is 5.32 Å². The number of amides is 1. The summed E-state index contributed by atoms with van der Waals surface area (Å²) in [5.74, 6) is -0.581. The number of fused-ring (bicyclic) bond motifs is 1. The molecule has 5 heteroatoms. The first kappa shape index (κ1) is 15.0. The summed E-state index contributed by atoms with van der Waals surface area (Å²) in [6.07, 6.45) is 0. The van der Waals surface area contributed by atoms with Gasteiger partial charge >= 0.3 is 0 Å². The molecule has 3 rings (SSSR count). The highest BCUT2D eigenvalue weighted by atomic mass is 35.5. The molecule has 0 fully saturated rings. The number of aryl methyl sites for hydroxylation is 2. The number of halogens is 2. The van der Waals surface area contributed by atoms with E-state index in [0.29, 0.717) is 26.5 Å². The summed E-state index contributed by atoms with van der Waals surface area (Å²) in [5.41, 5.74) is 2.22. The maximum absolute atomic E-state index is 13.9. The molecule has 2 aromatic carbocycles. The first-order valence-corrected chi connectivity index (χ1v) is 7.92. The molecule has 0 saturated heterocycles. The Balaban J connectivity index is 1.99. The molecule has 1 heterocycles. The zero-order valence-corrected chi connectivity index (χ0v) is 13.6. The topological polar surface area (TPSA) is 29.1 Å². The molecule has 0 atom stereocenters. The second-order valence-electron chi connectivity index (χ2n) is 5.11. The molecule has 1 N–H and O–H groups in total. The fourth-order valence-corrected chi connectivity index (χ4v) is 3.77. The molecule has 0 unspecified atom stereocenters. The van der Waals surface area contributed by atoms with Crippen LogP contribution in [0.4, 0.5) is 10.1 Å². The van der Waals surface area contributed by atoms with Crippen LogP contribution in [0, 0.1) is 19.7 Å². The minimum absolute atomic E-state index is 0.274. The summed E-state index contributed by atoms with van der Waals surface area (Å²) >= 11 is 7.41. The van der Waals surface area contributed by atoms with Crippen molar-refractivity contribution in [3.63, 3.8) is 0 Å². The number of nitrogens with one attached hydrogen (secondary N) is 1. The minimum atomic E-state index is -0.307. The molecular formula is C17H13ClFNOS. The predicted octanol–water partition coefficient (Wildman–Crippen LogP) is 5.56. The van der Waals surface area contributed by atoms with Crippen molar-refractivity contribution >= 4 is 44.6 Å². The Labute approximate surface area is 136 Å². The Hall–Kier alpha value is -1.91. The van der Waals surface area contributed by atoms with Crippen molar-refractivity contribution in [1.29, 1.82) is 0 Å². The van der Waals surface area contributed by atoms with Gasteiger partial charge in [0.2, 0.25) is 0 Å². The summed E-state index contributed by atoms with van der Waals surface area (Å²) in [5, 5.41) is 3.78. The number of rotatable bonds is 2. The van der Waals surface area contributed by atoms with Gasteiger partial charge in [-0.15, -0.1) is 11.3 Å². The fraction of sp³-hybridized carbons (Fsp3) is 0.118. The Kier molecular flexibility index (Phi) is 3.89. The molecule has 2 nitrogen and oxygen atoms in total. The van der Waals surface area contributed by atoms with Crippen LogP contribution in [0.1, 0.15) is 20.8 Å². The standard InChI is InChI=1S/C17H13ClFNOS/c1-9-6-7-13(11(18)8-9)20-17(21)16-10(2)15-12(19)4-3-5-14(15)22-16/h3-8H,1-2H3,(H,20,21). The van der Waals surface area contributed by atoms with Crippen LogP contribution in [-0.2, 0) is 0 Å². The van der Waals surface area contributed by atoms with Gasteiger partial charge in [-0.25, -0.2) is 4.39 Å². The van der Waals surface area contributed by atoms with Crippen LogP contribution in [0.15, 0.2) is 36.4 Å². The molecular weight excluding hydrogens is 321 g/mol. The first-order chi connectivity index (χ1) is 10.5.